The van der Waals surface area contributed by atoms with Gasteiger partial charge in [-0.2, -0.15) is 0 Å². The minimum absolute atomic E-state index is 0.0952. The number of hydrogen-bond acceptors (Lipinski definition) is 7. The lowest BCUT2D eigenvalue weighted by Gasteiger charge is -2.32. The molecule has 1 amide bonds. The first-order valence-electron chi connectivity index (χ1n) is 14.0. The molecule has 0 spiro atoms. The van der Waals surface area contributed by atoms with E-state index >= 15 is 0 Å². The Morgan fingerprint density at radius 1 is 1.08 bits per heavy atom. The maximum Gasteiger partial charge on any atom is 0.331 e. The first-order valence-corrected chi connectivity index (χ1v) is 14.0. The van der Waals surface area contributed by atoms with Crippen LogP contribution in [0.2, 0.25) is 0 Å². The third-order valence-corrected chi connectivity index (χ3v) is 7.59. The average Bonchev–Trinajstić information content (AvgIpc) is 3.39. The van der Waals surface area contributed by atoms with E-state index in [1.54, 1.807) is 18.5 Å². The van der Waals surface area contributed by atoms with Gasteiger partial charge in [-0.1, -0.05) is 0 Å². The maximum atomic E-state index is 13.9. The Balaban J connectivity index is 1.51. The van der Waals surface area contributed by atoms with Crippen LogP contribution >= 0.6 is 0 Å². The number of carbonyl (C=O) groups excluding carboxylic acids is 2. The van der Waals surface area contributed by atoms with Crippen molar-refractivity contribution < 1.29 is 19.4 Å². The number of aliphatic hydroxyl groups excluding tert-OH is 1. The SMILES string of the molecule is CC(C)OC(=O)/C=C/c1cncc(N(CC2CCN(c3ccc(N(C)C)cc3)C2)C(=O)C2CCC(O)CC2)c1. The van der Waals surface area contributed by atoms with Crippen molar-refractivity contribution in [1.82, 2.24) is 4.98 Å². The highest BCUT2D eigenvalue weighted by molar-refractivity contribution is 5.95. The first-order chi connectivity index (χ1) is 18.7. The quantitative estimate of drug-likeness (QED) is 0.374. The molecule has 39 heavy (non-hydrogen) atoms. The minimum Gasteiger partial charge on any atom is -0.460 e. The lowest BCUT2D eigenvalue weighted by molar-refractivity contribution is -0.141. The Hall–Kier alpha value is -3.39. The number of hydrogen-bond donors (Lipinski definition) is 1. The number of carbonyl (C=O) groups is 2. The number of amides is 1. The highest BCUT2D eigenvalue weighted by Gasteiger charge is 2.33. The Kier molecular flexibility index (Phi) is 9.62. The molecule has 0 radical (unpaired) electrons. The topological polar surface area (TPSA) is 86.2 Å². The van der Waals surface area contributed by atoms with Crippen LogP contribution in [-0.2, 0) is 14.3 Å². The number of ether oxygens (including phenoxy) is 1. The van der Waals surface area contributed by atoms with Crippen molar-refractivity contribution in [3.63, 3.8) is 0 Å². The van der Waals surface area contributed by atoms with Gasteiger partial charge in [-0.25, -0.2) is 4.79 Å². The summed E-state index contributed by atoms with van der Waals surface area (Å²) in [5.41, 5.74) is 3.84. The highest BCUT2D eigenvalue weighted by Crippen LogP contribution is 2.31. The van der Waals surface area contributed by atoms with E-state index in [-0.39, 0.29) is 24.0 Å². The van der Waals surface area contributed by atoms with E-state index < -0.39 is 5.97 Å². The number of esters is 1. The molecule has 1 aromatic carbocycles. The Bertz CT molecular complexity index is 1140. The summed E-state index contributed by atoms with van der Waals surface area (Å²) in [7, 11) is 4.08. The summed E-state index contributed by atoms with van der Waals surface area (Å²) in [6.45, 7) is 6.05. The van der Waals surface area contributed by atoms with Crippen molar-refractivity contribution in [2.75, 3.05) is 48.4 Å². The molecule has 1 unspecified atom stereocenters. The van der Waals surface area contributed by atoms with Crippen molar-refractivity contribution in [1.29, 1.82) is 0 Å². The van der Waals surface area contributed by atoms with E-state index in [0.717, 1.165) is 30.8 Å². The van der Waals surface area contributed by atoms with Crippen LogP contribution < -0.4 is 14.7 Å². The van der Waals surface area contributed by atoms with E-state index in [1.807, 2.05) is 38.9 Å². The van der Waals surface area contributed by atoms with Crippen molar-refractivity contribution in [2.45, 2.75) is 58.2 Å². The molecule has 8 heteroatoms. The van der Waals surface area contributed by atoms with Crippen LogP contribution in [0.25, 0.3) is 6.08 Å². The number of aliphatic hydroxyl groups is 1. The number of benzene rings is 1. The van der Waals surface area contributed by atoms with Gasteiger partial charge in [-0.3, -0.25) is 9.78 Å². The third-order valence-electron chi connectivity index (χ3n) is 7.59. The molecule has 4 rings (SSSR count). The zero-order valence-corrected chi connectivity index (χ0v) is 23.6. The second-order valence-electron chi connectivity index (χ2n) is 11.3. The Morgan fingerprint density at radius 3 is 2.46 bits per heavy atom. The number of aromatic nitrogens is 1. The standard InChI is InChI=1S/C31H42N4O4/c1-22(2)39-30(37)14-5-23-17-28(19-32-18-23)35(31(38)25-6-12-29(36)13-7-25)21-24-15-16-34(20-24)27-10-8-26(9-11-27)33(3)4/h5,8-11,14,17-19,22,24-25,29,36H,6-7,12-13,15-16,20-21H2,1-4H3/b14-5+. The van der Waals surface area contributed by atoms with Crippen LogP contribution in [0.1, 0.15) is 51.5 Å². The van der Waals surface area contributed by atoms with Crippen LogP contribution in [0, 0.1) is 11.8 Å². The number of pyridine rings is 1. The van der Waals surface area contributed by atoms with Crippen molar-refractivity contribution in [3.8, 4) is 0 Å². The predicted octanol–water partition coefficient (Wildman–Crippen LogP) is 4.52. The summed E-state index contributed by atoms with van der Waals surface area (Å²) in [4.78, 5) is 36.6. The number of nitrogens with zero attached hydrogens (tertiary/aromatic N) is 4. The molecule has 1 saturated heterocycles. The van der Waals surface area contributed by atoms with E-state index in [2.05, 4.69) is 39.0 Å². The fourth-order valence-corrected chi connectivity index (χ4v) is 5.42. The molecule has 1 saturated carbocycles. The van der Waals surface area contributed by atoms with Gasteiger partial charge in [0.1, 0.15) is 0 Å². The molecular formula is C31H42N4O4. The van der Waals surface area contributed by atoms with Crippen molar-refractivity contribution >= 4 is 35.0 Å². The third kappa shape index (κ3) is 7.82. The van der Waals surface area contributed by atoms with Crippen LogP contribution in [0.3, 0.4) is 0 Å². The van der Waals surface area contributed by atoms with Gasteiger partial charge in [0.25, 0.3) is 0 Å². The molecule has 2 heterocycles. The summed E-state index contributed by atoms with van der Waals surface area (Å²) >= 11 is 0. The molecular weight excluding hydrogens is 492 g/mol. The molecule has 1 aliphatic carbocycles. The smallest absolute Gasteiger partial charge is 0.331 e. The molecule has 0 bridgehead atoms. The zero-order valence-electron chi connectivity index (χ0n) is 23.6. The molecule has 2 aromatic rings. The van der Waals surface area contributed by atoms with Crippen LogP contribution in [0.5, 0.6) is 0 Å². The Morgan fingerprint density at radius 2 is 1.79 bits per heavy atom. The summed E-state index contributed by atoms with van der Waals surface area (Å²) in [5, 5.41) is 9.99. The van der Waals surface area contributed by atoms with Gasteiger partial charge >= 0.3 is 5.97 Å². The van der Waals surface area contributed by atoms with Crippen molar-refractivity contribution in [2.24, 2.45) is 11.8 Å². The van der Waals surface area contributed by atoms with E-state index in [1.165, 1.54) is 17.5 Å². The molecule has 1 aliphatic heterocycles. The average molecular weight is 535 g/mol. The molecule has 2 fully saturated rings. The van der Waals surface area contributed by atoms with Gasteiger partial charge < -0.3 is 24.5 Å². The van der Waals surface area contributed by atoms with Gasteiger partial charge in [0.05, 0.1) is 24.1 Å². The maximum absolute atomic E-state index is 13.9. The lowest BCUT2D eigenvalue weighted by atomic mass is 9.86. The molecule has 1 aromatic heterocycles. The van der Waals surface area contributed by atoms with Crippen LogP contribution in [-0.4, -0.2) is 67.9 Å². The minimum atomic E-state index is -0.409. The molecule has 1 atom stereocenters. The monoisotopic (exact) mass is 534 g/mol. The molecule has 210 valence electrons. The van der Waals surface area contributed by atoms with E-state index in [9.17, 15) is 14.7 Å². The fraction of sp³-hybridized carbons (Fsp3) is 0.516. The van der Waals surface area contributed by atoms with Crippen molar-refractivity contribution in [3.05, 3.63) is 54.4 Å². The summed E-state index contributed by atoms with van der Waals surface area (Å²) in [6, 6.07) is 10.5. The summed E-state index contributed by atoms with van der Waals surface area (Å²) in [6.07, 6.45) is 9.67. The Labute approximate surface area is 232 Å². The fourth-order valence-electron chi connectivity index (χ4n) is 5.42. The lowest BCUT2D eigenvalue weighted by Crippen LogP contribution is -2.41. The summed E-state index contributed by atoms with van der Waals surface area (Å²) < 4.78 is 5.19. The number of rotatable bonds is 9. The van der Waals surface area contributed by atoms with Gasteiger partial charge in [0, 0.05) is 63.3 Å². The first kappa shape index (κ1) is 28.6. The van der Waals surface area contributed by atoms with Gasteiger partial charge in [-0.15, -0.1) is 0 Å². The molecule has 1 N–H and O–H groups in total. The van der Waals surface area contributed by atoms with Crippen LogP contribution in [0.4, 0.5) is 17.1 Å². The second-order valence-corrected chi connectivity index (χ2v) is 11.3. The van der Waals surface area contributed by atoms with Gasteiger partial charge in [0.2, 0.25) is 5.91 Å². The molecule has 2 aliphatic rings. The van der Waals surface area contributed by atoms with Crippen LogP contribution in [0.15, 0.2) is 48.8 Å². The predicted molar refractivity (Wildman–Crippen MR) is 156 cm³/mol. The van der Waals surface area contributed by atoms with Gasteiger partial charge in [0.15, 0.2) is 0 Å². The highest BCUT2D eigenvalue weighted by atomic mass is 16.5. The molecule has 8 nitrogen and oxygen atoms in total. The second kappa shape index (κ2) is 13.1. The summed E-state index contributed by atoms with van der Waals surface area (Å²) in [5.74, 6) is -0.104. The van der Waals surface area contributed by atoms with E-state index in [4.69, 9.17) is 4.74 Å². The largest absolute Gasteiger partial charge is 0.460 e. The number of anilines is 3. The zero-order chi connectivity index (χ0) is 27.9. The normalized spacial score (nSPS) is 21.4. The van der Waals surface area contributed by atoms with E-state index in [0.29, 0.717) is 38.1 Å². The van der Waals surface area contributed by atoms with Gasteiger partial charge in [-0.05, 0) is 93.8 Å².